The molecule has 1 amide bonds. The van der Waals surface area contributed by atoms with Crippen LogP contribution in [-0.4, -0.2) is 22.4 Å². The maximum absolute atomic E-state index is 12.0. The summed E-state index contributed by atoms with van der Waals surface area (Å²) in [4.78, 5) is 20.0. The first-order valence-corrected chi connectivity index (χ1v) is 9.02. The lowest BCUT2D eigenvalue weighted by Gasteiger charge is -2.22. The highest BCUT2D eigenvalue weighted by molar-refractivity contribution is 5.86. The van der Waals surface area contributed by atoms with E-state index in [1.807, 2.05) is 6.20 Å². The average Bonchev–Trinajstić information content (AvgIpc) is 2.96. The first-order chi connectivity index (χ1) is 12.2. The molecular weight excluding hydrogens is 310 g/mol. The lowest BCUT2D eigenvalue weighted by atomic mass is 9.90. The molecule has 1 fully saturated rings. The molecule has 0 radical (unpaired) electrons. The van der Waals surface area contributed by atoms with Gasteiger partial charge in [-0.2, -0.15) is 0 Å². The summed E-state index contributed by atoms with van der Waals surface area (Å²) in [7, 11) is 0. The lowest BCUT2D eigenvalue weighted by molar-refractivity contribution is -0.123. The number of nitrogens with zero attached hydrogens (tertiary/aromatic N) is 1. The quantitative estimate of drug-likeness (QED) is 0.758. The van der Waals surface area contributed by atoms with Crippen LogP contribution in [0.2, 0.25) is 0 Å². The van der Waals surface area contributed by atoms with Crippen molar-refractivity contribution in [1.82, 2.24) is 15.3 Å². The Morgan fingerprint density at radius 2 is 2.00 bits per heavy atom. The molecule has 2 aromatic heterocycles. The normalized spacial score (nSPS) is 17.7. The molecule has 4 nitrogen and oxygen atoms in total. The molecule has 1 saturated heterocycles. The molecule has 0 aliphatic carbocycles. The van der Waals surface area contributed by atoms with Crippen LogP contribution in [0, 0.1) is 6.92 Å². The number of nitrogens with one attached hydrogen (secondary N) is 2. The van der Waals surface area contributed by atoms with Gasteiger partial charge in [0.2, 0.25) is 5.91 Å². The van der Waals surface area contributed by atoms with Crippen LogP contribution >= 0.6 is 0 Å². The fraction of sp³-hybridized carbons (Fsp3) is 0.333. The molecule has 2 N–H and O–H groups in total. The number of benzene rings is 1. The minimum atomic E-state index is -0.0116. The second-order valence-electron chi connectivity index (χ2n) is 6.81. The van der Waals surface area contributed by atoms with Gasteiger partial charge in [-0.3, -0.25) is 4.79 Å². The molecule has 4 rings (SSSR count). The summed E-state index contributed by atoms with van der Waals surface area (Å²) in [6, 6.07) is 10.6. The number of hydrogen-bond acceptors (Lipinski definition) is 2. The highest BCUT2D eigenvalue weighted by Gasteiger charge is 2.23. The number of pyridine rings is 1. The molecule has 1 unspecified atom stereocenters. The number of hydrogen-bond donors (Lipinski definition) is 2. The zero-order valence-electron chi connectivity index (χ0n) is 14.7. The second kappa shape index (κ2) is 6.36. The van der Waals surface area contributed by atoms with Crippen molar-refractivity contribution in [2.75, 3.05) is 6.54 Å². The molecule has 1 aliphatic rings. The van der Waals surface area contributed by atoms with Crippen LogP contribution < -0.4 is 5.32 Å². The number of piperidine rings is 1. The van der Waals surface area contributed by atoms with E-state index in [1.54, 1.807) is 0 Å². The van der Waals surface area contributed by atoms with Crippen LogP contribution in [0.25, 0.3) is 22.2 Å². The van der Waals surface area contributed by atoms with Gasteiger partial charge in [0.15, 0.2) is 0 Å². The number of carbonyl (C=O) groups is 1. The molecule has 0 spiro atoms. The number of fused-ring (bicyclic) bond motifs is 1. The Morgan fingerprint density at radius 1 is 1.20 bits per heavy atom. The minimum Gasteiger partial charge on any atom is -0.356 e. The van der Waals surface area contributed by atoms with Gasteiger partial charge < -0.3 is 10.3 Å². The molecule has 3 heterocycles. The van der Waals surface area contributed by atoms with E-state index in [9.17, 15) is 4.79 Å². The molecular formula is C21H23N3O. The largest absolute Gasteiger partial charge is 0.356 e. The number of aromatic nitrogens is 2. The highest BCUT2D eigenvalue weighted by atomic mass is 16.1. The molecule has 1 atom stereocenters. The Kier molecular flexibility index (Phi) is 4.04. The SMILES string of the molecule is CCc1c(C)[nH]c2ncc(-c3ccc(C4CCCNC4=O)cc3)cc12. The fourth-order valence-corrected chi connectivity index (χ4v) is 3.86. The van der Waals surface area contributed by atoms with Crippen molar-refractivity contribution in [1.29, 1.82) is 0 Å². The zero-order chi connectivity index (χ0) is 17.4. The van der Waals surface area contributed by atoms with Crippen LogP contribution in [0.3, 0.4) is 0 Å². The number of aromatic amines is 1. The van der Waals surface area contributed by atoms with Crippen LogP contribution in [0.4, 0.5) is 0 Å². The van der Waals surface area contributed by atoms with Crippen molar-refractivity contribution in [3.05, 3.63) is 53.3 Å². The van der Waals surface area contributed by atoms with Crippen molar-refractivity contribution in [3.63, 3.8) is 0 Å². The predicted molar refractivity (Wildman–Crippen MR) is 101 cm³/mol. The molecule has 0 bridgehead atoms. The Bertz CT molecular complexity index is 924. The Morgan fingerprint density at radius 3 is 2.72 bits per heavy atom. The second-order valence-corrected chi connectivity index (χ2v) is 6.81. The number of amides is 1. The van der Waals surface area contributed by atoms with Crippen LogP contribution in [0.1, 0.15) is 42.5 Å². The van der Waals surface area contributed by atoms with Crippen molar-refractivity contribution in [2.24, 2.45) is 0 Å². The van der Waals surface area contributed by atoms with Gasteiger partial charge in [-0.1, -0.05) is 31.2 Å². The number of H-pyrrole nitrogens is 1. The summed E-state index contributed by atoms with van der Waals surface area (Å²) in [5.41, 5.74) is 6.83. The lowest BCUT2D eigenvalue weighted by Crippen LogP contribution is -2.34. The standard InChI is InChI=1S/C21H23N3O/c1-3-17-13(2)24-20-19(17)11-16(12-23-20)14-6-8-15(9-7-14)18-5-4-10-22-21(18)25/h6-9,11-12,18H,3-5,10H2,1-2H3,(H,22,25)(H,23,24). The third-order valence-corrected chi connectivity index (χ3v) is 5.26. The van der Waals surface area contributed by atoms with E-state index >= 15 is 0 Å². The van der Waals surface area contributed by atoms with Crippen molar-refractivity contribution in [2.45, 2.75) is 39.0 Å². The van der Waals surface area contributed by atoms with E-state index in [1.165, 1.54) is 16.6 Å². The summed E-state index contributed by atoms with van der Waals surface area (Å²) in [6.07, 6.45) is 4.89. The van der Waals surface area contributed by atoms with Crippen molar-refractivity contribution >= 4 is 16.9 Å². The van der Waals surface area contributed by atoms with E-state index in [0.29, 0.717) is 0 Å². The topological polar surface area (TPSA) is 57.8 Å². The zero-order valence-corrected chi connectivity index (χ0v) is 14.7. The molecule has 3 aromatic rings. The van der Waals surface area contributed by atoms with Crippen LogP contribution in [-0.2, 0) is 11.2 Å². The third kappa shape index (κ3) is 2.82. The van der Waals surface area contributed by atoms with Gasteiger partial charge in [0.25, 0.3) is 0 Å². The van der Waals surface area contributed by atoms with Crippen molar-refractivity contribution < 1.29 is 4.79 Å². The van der Waals surface area contributed by atoms with Gasteiger partial charge in [-0.25, -0.2) is 4.98 Å². The summed E-state index contributed by atoms with van der Waals surface area (Å²) in [6.45, 7) is 5.07. The Balaban J connectivity index is 1.68. The van der Waals surface area contributed by atoms with Crippen LogP contribution in [0.5, 0.6) is 0 Å². The fourth-order valence-electron chi connectivity index (χ4n) is 3.86. The summed E-state index contributed by atoms with van der Waals surface area (Å²) in [5, 5.41) is 4.16. The Labute approximate surface area is 147 Å². The molecule has 1 aliphatic heterocycles. The van der Waals surface area contributed by atoms with E-state index in [2.05, 4.69) is 59.5 Å². The van der Waals surface area contributed by atoms with Gasteiger partial charge in [0.1, 0.15) is 5.65 Å². The summed E-state index contributed by atoms with van der Waals surface area (Å²) < 4.78 is 0. The molecule has 25 heavy (non-hydrogen) atoms. The Hall–Kier alpha value is -2.62. The maximum Gasteiger partial charge on any atom is 0.227 e. The maximum atomic E-state index is 12.0. The van der Waals surface area contributed by atoms with E-state index in [-0.39, 0.29) is 11.8 Å². The monoisotopic (exact) mass is 333 g/mol. The van der Waals surface area contributed by atoms with E-state index in [4.69, 9.17) is 0 Å². The number of rotatable bonds is 3. The van der Waals surface area contributed by atoms with E-state index in [0.717, 1.165) is 48.1 Å². The molecule has 4 heteroatoms. The summed E-state index contributed by atoms with van der Waals surface area (Å²) in [5.74, 6) is 0.139. The van der Waals surface area contributed by atoms with Gasteiger partial charge in [0.05, 0.1) is 5.92 Å². The first kappa shape index (κ1) is 15.9. The van der Waals surface area contributed by atoms with Gasteiger partial charge in [0, 0.05) is 29.4 Å². The van der Waals surface area contributed by atoms with Gasteiger partial charge in [-0.05, 0) is 48.9 Å². The molecule has 0 saturated carbocycles. The predicted octanol–water partition coefficient (Wildman–Crippen LogP) is 4.09. The first-order valence-electron chi connectivity index (χ1n) is 9.02. The van der Waals surface area contributed by atoms with E-state index < -0.39 is 0 Å². The average molecular weight is 333 g/mol. The third-order valence-electron chi connectivity index (χ3n) is 5.26. The van der Waals surface area contributed by atoms with Gasteiger partial charge >= 0.3 is 0 Å². The molecule has 1 aromatic carbocycles. The van der Waals surface area contributed by atoms with Crippen molar-refractivity contribution in [3.8, 4) is 11.1 Å². The smallest absolute Gasteiger partial charge is 0.227 e. The molecule has 128 valence electrons. The van der Waals surface area contributed by atoms with Gasteiger partial charge in [-0.15, -0.1) is 0 Å². The number of carbonyl (C=O) groups excluding carboxylic acids is 1. The minimum absolute atomic E-state index is 0.0116. The highest BCUT2D eigenvalue weighted by Crippen LogP contribution is 2.29. The number of aryl methyl sites for hydroxylation is 2. The summed E-state index contributed by atoms with van der Waals surface area (Å²) >= 11 is 0. The van der Waals surface area contributed by atoms with Crippen LogP contribution in [0.15, 0.2) is 36.5 Å².